The molecule has 1 aromatic carbocycles. The molecule has 2 aliphatic heterocycles. The van der Waals surface area contributed by atoms with Crippen LogP contribution >= 0.6 is 0 Å². The second kappa shape index (κ2) is 8.09. The molecule has 1 atom stereocenters. The Bertz CT molecular complexity index is 1360. The number of pyridine rings is 1. The number of aromatic nitrogens is 1. The van der Waals surface area contributed by atoms with Gasteiger partial charge in [0, 0.05) is 19.2 Å². The van der Waals surface area contributed by atoms with Crippen LogP contribution in [0.25, 0.3) is 12.2 Å². The van der Waals surface area contributed by atoms with Crippen molar-refractivity contribution < 1.29 is 24.0 Å². The molecule has 0 radical (unpaired) electrons. The number of carbonyl (C=O) groups excluding carboxylic acids is 5. The van der Waals surface area contributed by atoms with E-state index in [-0.39, 0.29) is 36.2 Å². The number of piperidine rings is 1. The molecule has 2 N–H and O–H groups in total. The topological polar surface area (TPSA) is 126 Å². The van der Waals surface area contributed by atoms with Gasteiger partial charge in [0.25, 0.3) is 17.7 Å². The van der Waals surface area contributed by atoms with Crippen molar-refractivity contribution in [3.05, 3.63) is 63.3 Å². The second-order valence-electron chi connectivity index (χ2n) is 8.15. The molecule has 1 unspecified atom stereocenters. The van der Waals surface area contributed by atoms with Gasteiger partial charge in [0.1, 0.15) is 11.7 Å². The fourth-order valence-electron chi connectivity index (χ4n) is 4.43. The normalized spacial score (nSPS) is 19.3. The average molecular weight is 444 g/mol. The first-order valence-corrected chi connectivity index (χ1v) is 10.7. The summed E-state index contributed by atoms with van der Waals surface area (Å²) in [6.07, 6.45) is 7.80. The summed E-state index contributed by atoms with van der Waals surface area (Å²) in [7, 11) is 0. The van der Waals surface area contributed by atoms with E-state index in [0.29, 0.717) is 5.56 Å². The number of rotatable bonds is 4. The molecular weight excluding hydrogens is 424 g/mol. The van der Waals surface area contributed by atoms with Gasteiger partial charge in [-0.3, -0.25) is 39.2 Å². The van der Waals surface area contributed by atoms with E-state index in [4.69, 9.17) is 0 Å². The molecule has 2 aromatic rings. The Hall–Kier alpha value is -4.14. The summed E-state index contributed by atoms with van der Waals surface area (Å²) in [6, 6.07) is 5.49. The standard InChI is InChI=1S/C24H20N4O5/c29-19-9-8-18(22(31)27-19)28-23(32)16-7-3-6-15(20(16)24(28)33)12-26-21(30)17-10-13-4-1-2-5-14(13)11-25-17/h3-7,10-11,18H,1-2,8-9,12H2,(H,26,30)(H,27,29,31). The lowest BCUT2D eigenvalue weighted by atomic mass is 10.0. The molecule has 3 heterocycles. The number of amides is 5. The number of nitrogens with one attached hydrogen (secondary N) is 2. The molecule has 0 bridgehead atoms. The number of imide groups is 2. The first-order chi connectivity index (χ1) is 15.9. The third-order valence-corrected chi connectivity index (χ3v) is 6.09. The van der Waals surface area contributed by atoms with Crippen molar-refractivity contribution in [2.45, 2.75) is 38.3 Å². The number of hydrogen-bond acceptors (Lipinski definition) is 6. The Balaban J connectivity index is 1.37. The molecule has 1 saturated heterocycles. The van der Waals surface area contributed by atoms with Crippen LogP contribution in [0.4, 0.5) is 0 Å². The summed E-state index contributed by atoms with van der Waals surface area (Å²) in [4.78, 5) is 67.6. The Morgan fingerprint density at radius 1 is 1.09 bits per heavy atom. The van der Waals surface area contributed by atoms with Crippen molar-refractivity contribution in [2.24, 2.45) is 0 Å². The Kier molecular flexibility index (Phi) is 5.08. The highest BCUT2D eigenvalue weighted by molar-refractivity contribution is 6.24. The van der Waals surface area contributed by atoms with E-state index >= 15 is 0 Å². The van der Waals surface area contributed by atoms with E-state index in [1.165, 1.54) is 6.07 Å². The van der Waals surface area contributed by atoms with Gasteiger partial charge in [0.05, 0.1) is 11.1 Å². The van der Waals surface area contributed by atoms with E-state index < -0.39 is 35.6 Å². The third kappa shape index (κ3) is 3.61. The number of fused-ring (bicyclic) bond motifs is 2. The van der Waals surface area contributed by atoms with Crippen LogP contribution < -0.4 is 21.1 Å². The Morgan fingerprint density at radius 3 is 2.67 bits per heavy atom. The van der Waals surface area contributed by atoms with Crippen molar-refractivity contribution in [3.63, 3.8) is 0 Å². The highest BCUT2D eigenvalue weighted by atomic mass is 16.2. The molecule has 5 rings (SSSR count). The summed E-state index contributed by atoms with van der Waals surface area (Å²) in [5.74, 6) is -2.67. The molecule has 166 valence electrons. The van der Waals surface area contributed by atoms with E-state index in [2.05, 4.69) is 27.8 Å². The van der Waals surface area contributed by atoms with Gasteiger partial charge < -0.3 is 5.32 Å². The first-order valence-electron chi connectivity index (χ1n) is 10.7. The van der Waals surface area contributed by atoms with Crippen LogP contribution in [0.3, 0.4) is 0 Å². The molecule has 3 aliphatic rings. The van der Waals surface area contributed by atoms with Crippen LogP contribution in [0.15, 0.2) is 30.5 Å². The molecule has 9 nitrogen and oxygen atoms in total. The zero-order valence-corrected chi connectivity index (χ0v) is 17.6. The number of carbonyl (C=O) groups is 5. The first kappa shape index (κ1) is 20.7. The Morgan fingerprint density at radius 2 is 1.88 bits per heavy atom. The lowest BCUT2D eigenvalue weighted by Gasteiger charge is -2.27. The molecule has 0 saturated carbocycles. The zero-order chi connectivity index (χ0) is 23.1. The maximum atomic E-state index is 13.1. The van der Waals surface area contributed by atoms with E-state index in [0.717, 1.165) is 28.2 Å². The van der Waals surface area contributed by atoms with Gasteiger partial charge in [-0.05, 0) is 47.4 Å². The van der Waals surface area contributed by atoms with Gasteiger partial charge in [0.2, 0.25) is 11.8 Å². The maximum absolute atomic E-state index is 13.1. The highest BCUT2D eigenvalue weighted by Crippen LogP contribution is 2.29. The van der Waals surface area contributed by atoms with Crippen LogP contribution in [-0.2, 0) is 16.1 Å². The molecule has 1 aromatic heterocycles. The van der Waals surface area contributed by atoms with Gasteiger partial charge in [-0.25, -0.2) is 0 Å². The SMILES string of the molecule is O=C1CCC(N2C(=O)c3cccc(CNC(=O)c4cc5c(cn4)=CCCC=5)c3C2=O)C(=O)N1. The van der Waals surface area contributed by atoms with Crippen molar-refractivity contribution in [1.82, 2.24) is 20.5 Å². The fourth-order valence-corrected chi connectivity index (χ4v) is 4.43. The molecule has 9 heteroatoms. The van der Waals surface area contributed by atoms with Crippen molar-refractivity contribution >= 4 is 41.7 Å². The molecule has 5 amide bonds. The fraction of sp³-hybridized carbons (Fsp3) is 0.250. The van der Waals surface area contributed by atoms with Crippen molar-refractivity contribution in [2.75, 3.05) is 0 Å². The predicted octanol–water partition coefficient (Wildman–Crippen LogP) is -0.232. The molecule has 1 aliphatic carbocycles. The van der Waals surface area contributed by atoms with Crippen LogP contribution in [0.1, 0.15) is 62.5 Å². The second-order valence-corrected chi connectivity index (χ2v) is 8.15. The van der Waals surface area contributed by atoms with Gasteiger partial charge >= 0.3 is 0 Å². The number of hydrogen-bond donors (Lipinski definition) is 2. The van der Waals surface area contributed by atoms with Crippen LogP contribution in [0, 0.1) is 0 Å². The zero-order valence-electron chi connectivity index (χ0n) is 17.6. The predicted molar refractivity (Wildman–Crippen MR) is 116 cm³/mol. The van der Waals surface area contributed by atoms with Crippen LogP contribution in [0.2, 0.25) is 0 Å². The maximum Gasteiger partial charge on any atom is 0.270 e. The minimum atomic E-state index is -1.04. The molecule has 0 spiro atoms. The lowest BCUT2D eigenvalue weighted by molar-refractivity contribution is -0.136. The molecule has 33 heavy (non-hydrogen) atoms. The highest BCUT2D eigenvalue weighted by Gasteiger charge is 2.45. The largest absolute Gasteiger partial charge is 0.347 e. The third-order valence-electron chi connectivity index (χ3n) is 6.09. The van der Waals surface area contributed by atoms with E-state index in [1.807, 2.05) is 0 Å². The van der Waals surface area contributed by atoms with Gasteiger partial charge in [-0.2, -0.15) is 0 Å². The molecular formula is C24H20N4O5. The van der Waals surface area contributed by atoms with Crippen LogP contribution in [0.5, 0.6) is 0 Å². The Labute approximate surface area is 188 Å². The monoisotopic (exact) mass is 444 g/mol. The smallest absolute Gasteiger partial charge is 0.270 e. The van der Waals surface area contributed by atoms with Gasteiger partial charge in [-0.15, -0.1) is 0 Å². The van der Waals surface area contributed by atoms with Gasteiger partial charge in [-0.1, -0.05) is 24.3 Å². The quantitative estimate of drug-likeness (QED) is 0.628. The van der Waals surface area contributed by atoms with Crippen molar-refractivity contribution in [1.29, 1.82) is 0 Å². The lowest BCUT2D eigenvalue weighted by Crippen LogP contribution is -2.54. The summed E-state index contributed by atoms with van der Waals surface area (Å²) >= 11 is 0. The summed E-state index contributed by atoms with van der Waals surface area (Å²) in [6.45, 7) is 0.0127. The molecule has 1 fully saturated rings. The minimum absolute atomic E-state index is 0.0127. The number of nitrogens with zero attached hydrogens (tertiary/aromatic N) is 2. The number of benzene rings is 1. The van der Waals surface area contributed by atoms with Crippen molar-refractivity contribution in [3.8, 4) is 0 Å². The summed E-state index contributed by atoms with van der Waals surface area (Å²) in [5, 5.41) is 6.90. The van der Waals surface area contributed by atoms with E-state index in [9.17, 15) is 24.0 Å². The minimum Gasteiger partial charge on any atom is -0.347 e. The average Bonchev–Trinajstić information content (AvgIpc) is 3.08. The summed E-state index contributed by atoms with van der Waals surface area (Å²) in [5.41, 5.74) is 1.06. The van der Waals surface area contributed by atoms with Gasteiger partial charge in [0.15, 0.2) is 0 Å². The summed E-state index contributed by atoms with van der Waals surface area (Å²) < 4.78 is 0. The van der Waals surface area contributed by atoms with E-state index in [1.54, 1.807) is 24.4 Å². The van der Waals surface area contributed by atoms with Crippen LogP contribution in [-0.4, -0.2) is 45.5 Å².